The number of nitrogens with two attached hydrogens (primary N) is 1. The van der Waals surface area contributed by atoms with Gasteiger partial charge in [0.25, 0.3) is 0 Å². The van der Waals surface area contributed by atoms with Crippen molar-refractivity contribution in [2.75, 3.05) is 0 Å². The molecule has 0 spiro atoms. The first kappa shape index (κ1) is 15.0. The van der Waals surface area contributed by atoms with E-state index in [1.54, 1.807) is 22.5 Å². The third-order valence-corrected chi connectivity index (χ3v) is 4.80. The lowest BCUT2D eigenvalue weighted by Gasteiger charge is -2.21. The summed E-state index contributed by atoms with van der Waals surface area (Å²) in [6.45, 7) is 2.42. The molecular formula is C16H16F2N2OS. The first-order chi connectivity index (χ1) is 10.6. The predicted molar refractivity (Wildman–Crippen MR) is 81.7 cm³/mol. The number of thiophene rings is 1. The van der Waals surface area contributed by atoms with Crippen molar-refractivity contribution >= 4 is 11.3 Å². The van der Waals surface area contributed by atoms with Gasteiger partial charge in [-0.3, -0.25) is 0 Å². The number of nitrogens with zero attached hydrogens (tertiary/aromatic N) is 1. The maximum Gasteiger partial charge on any atom is 0.207 e. The standard InChI is InChI=1S/C16H16F2N2OS/c1-2-11-4-6-15(22-11)14-8-16(19)21-20(14)9-10-3-5-12(17)13(18)7-10/h3-8,14H,2,9,19H2,1H3. The molecule has 2 N–H and O–H groups in total. The fraction of sp³-hybridized carbons (Fsp3) is 0.250. The first-order valence-electron chi connectivity index (χ1n) is 7.01. The average Bonchev–Trinajstić information content (AvgIpc) is 3.09. The van der Waals surface area contributed by atoms with Crippen LogP contribution in [-0.4, -0.2) is 5.06 Å². The minimum Gasteiger partial charge on any atom is -0.387 e. The number of halogens is 2. The number of hydroxylamine groups is 2. The lowest BCUT2D eigenvalue weighted by Crippen LogP contribution is -2.22. The summed E-state index contributed by atoms with van der Waals surface area (Å²) < 4.78 is 26.3. The highest BCUT2D eigenvalue weighted by atomic mass is 32.1. The first-order valence-corrected chi connectivity index (χ1v) is 7.83. The van der Waals surface area contributed by atoms with Gasteiger partial charge in [0.1, 0.15) is 6.04 Å². The molecule has 0 saturated carbocycles. The van der Waals surface area contributed by atoms with Crippen molar-refractivity contribution in [1.29, 1.82) is 0 Å². The van der Waals surface area contributed by atoms with Crippen LogP contribution in [0, 0.1) is 11.6 Å². The van der Waals surface area contributed by atoms with Gasteiger partial charge in [0.05, 0.1) is 6.54 Å². The van der Waals surface area contributed by atoms with Crippen LogP contribution in [0.25, 0.3) is 0 Å². The van der Waals surface area contributed by atoms with Gasteiger partial charge in [-0.15, -0.1) is 16.4 Å². The molecule has 6 heteroatoms. The minimum atomic E-state index is -0.862. The molecule has 1 aliphatic rings. The fourth-order valence-electron chi connectivity index (χ4n) is 2.38. The second kappa shape index (κ2) is 6.06. The Morgan fingerprint density at radius 1 is 1.23 bits per heavy atom. The van der Waals surface area contributed by atoms with Crippen LogP contribution >= 0.6 is 11.3 Å². The summed E-state index contributed by atoms with van der Waals surface area (Å²) in [5, 5.41) is 1.67. The Hall–Kier alpha value is -1.92. The van der Waals surface area contributed by atoms with Gasteiger partial charge in [-0.1, -0.05) is 13.0 Å². The van der Waals surface area contributed by atoms with Crippen molar-refractivity contribution < 1.29 is 13.6 Å². The largest absolute Gasteiger partial charge is 0.387 e. The zero-order valence-electron chi connectivity index (χ0n) is 12.1. The minimum absolute atomic E-state index is 0.113. The Balaban J connectivity index is 1.81. The van der Waals surface area contributed by atoms with E-state index in [0.29, 0.717) is 18.0 Å². The summed E-state index contributed by atoms with van der Waals surface area (Å²) in [5.41, 5.74) is 6.39. The van der Waals surface area contributed by atoms with E-state index in [9.17, 15) is 8.78 Å². The van der Waals surface area contributed by atoms with Gasteiger partial charge in [0, 0.05) is 15.8 Å². The summed E-state index contributed by atoms with van der Waals surface area (Å²) in [7, 11) is 0. The van der Waals surface area contributed by atoms with E-state index in [-0.39, 0.29) is 6.04 Å². The van der Waals surface area contributed by atoms with Crippen molar-refractivity contribution in [3.63, 3.8) is 0 Å². The van der Waals surface area contributed by atoms with Gasteiger partial charge in [-0.2, -0.15) is 0 Å². The van der Waals surface area contributed by atoms with Crippen molar-refractivity contribution in [3.8, 4) is 0 Å². The molecule has 1 atom stereocenters. The fourth-order valence-corrected chi connectivity index (χ4v) is 3.40. The molecule has 0 amide bonds. The predicted octanol–water partition coefficient (Wildman–Crippen LogP) is 3.88. The van der Waals surface area contributed by atoms with Crippen molar-refractivity contribution in [2.24, 2.45) is 5.73 Å². The van der Waals surface area contributed by atoms with Crippen LogP contribution in [0.5, 0.6) is 0 Å². The summed E-state index contributed by atoms with van der Waals surface area (Å²) in [4.78, 5) is 7.90. The molecule has 22 heavy (non-hydrogen) atoms. The zero-order chi connectivity index (χ0) is 15.7. The molecule has 2 aromatic rings. The molecule has 1 aromatic heterocycles. The van der Waals surface area contributed by atoms with E-state index in [0.717, 1.165) is 17.4 Å². The summed E-state index contributed by atoms with van der Waals surface area (Å²) in [5.74, 6) is -1.40. The van der Waals surface area contributed by atoms with Crippen LogP contribution in [0.3, 0.4) is 0 Å². The van der Waals surface area contributed by atoms with Crippen molar-refractivity contribution in [3.05, 3.63) is 69.2 Å². The molecule has 0 bridgehead atoms. The van der Waals surface area contributed by atoms with Crippen LogP contribution < -0.4 is 5.73 Å². The molecule has 1 aliphatic heterocycles. The lowest BCUT2D eigenvalue weighted by atomic mass is 10.1. The van der Waals surface area contributed by atoms with Crippen LogP contribution in [0.4, 0.5) is 8.78 Å². The Labute approximate surface area is 131 Å². The van der Waals surface area contributed by atoms with Gasteiger partial charge in [-0.25, -0.2) is 8.78 Å². The maximum atomic E-state index is 13.3. The Kier molecular flexibility index (Phi) is 4.13. The molecule has 3 nitrogen and oxygen atoms in total. The van der Waals surface area contributed by atoms with Crippen molar-refractivity contribution in [1.82, 2.24) is 5.06 Å². The summed E-state index contributed by atoms with van der Waals surface area (Å²) in [6.07, 6.45) is 2.80. The second-order valence-corrected chi connectivity index (χ2v) is 6.29. The molecule has 2 heterocycles. The SMILES string of the molecule is CCc1ccc(C2C=C(N)ON2Cc2ccc(F)c(F)c2)s1. The van der Waals surface area contributed by atoms with Gasteiger partial charge in [0.2, 0.25) is 5.88 Å². The number of rotatable bonds is 4. The third-order valence-electron chi connectivity index (χ3n) is 3.50. The molecular weight excluding hydrogens is 306 g/mol. The Morgan fingerprint density at radius 2 is 2.05 bits per heavy atom. The molecule has 1 aromatic carbocycles. The number of aryl methyl sites for hydroxylation is 1. The molecule has 1 unspecified atom stereocenters. The normalized spacial score (nSPS) is 18.3. The molecule has 0 saturated heterocycles. The highest BCUT2D eigenvalue weighted by molar-refractivity contribution is 7.12. The molecule has 0 radical (unpaired) electrons. The number of hydrogen-bond donors (Lipinski definition) is 1. The zero-order valence-corrected chi connectivity index (χ0v) is 12.9. The van der Waals surface area contributed by atoms with E-state index < -0.39 is 11.6 Å². The van der Waals surface area contributed by atoms with E-state index in [1.807, 2.05) is 12.1 Å². The van der Waals surface area contributed by atoms with E-state index in [4.69, 9.17) is 10.6 Å². The highest BCUT2D eigenvalue weighted by Crippen LogP contribution is 2.35. The molecule has 3 rings (SSSR count). The van der Waals surface area contributed by atoms with Crippen LogP contribution in [0.1, 0.15) is 28.3 Å². The van der Waals surface area contributed by atoms with Gasteiger partial charge in [0.15, 0.2) is 11.6 Å². The maximum absolute atomic E-state index is 13.3. The average molecular weight is 322 g/mol. The molecule has 0 aliphatic carbocycles. The lowest BCUT2D eigenvalue weighted by molar-refractivity contribution is -0.127. The topological polar surface area (TPSA) is 38.5 Å². The van der Waals surface area contributed by atoms with Crippen LogP contribution in [0.15, 0.2) is 42.3 Å². The quantitative estimate of drug-likeness (QED) is 0.928. The summed E-state index contributed by atoms with van der Waals surface area (Å²) >= 11 is 1.70. The van der Waals surface area contributed by atoms with E-state index in [1.165, 1.54) is 10.9 Å². The second-order valence-electron chi connectivity index (χ2n) is 5.09. The monoisotopic (exact) mass is 322 g/mol. The van der Waals surface area contributed by atoms with E-state index >= 15 is 0 Å². The summed E-state index contributed by atoms with van der Waals surface area (Å²) in [6, 6.07) is 7.85. The number of benzene rings is 1. The van der Waals surface area contributed by atoms with Crippen LogP contribution in [-0.2, 0) is 17.8 Å². The molecule has 0 fully saturated rings. The van der Waals surface area contributed by atoms with Gasteiger partial charge in [-0.05, 0) is 36.2 Å². The van der Waals surface area contributed by atoms with Crippen LogP contribution in [0.2, 0.25) is 0 Å². The van der Waals surface area contributed by atoms with E-state index in [2.05, 4.69) is 13.0 Å². The van der Waals surface area contributed by atoms with Gasteiger partial charge < -0.3 is 10.6 Å². The van der Waals surface area contributed by atoms with Crippen molar-refractivity contribution in [2.45, 2.75) is 25.9 Å². The third kappa shape index (κ3) is 2.98. The number of hydrogen-bond acceptors (Lipinski definition) is 4. The van der Waals surface area contributed by atoms with Gasteiger partial charge >= 0.3 is 0 Å². The smallest absolute Gasteiger partial charge is 0.207 e. The highest BCUT2D eigenvalue weighted by Gasteiger charge is 2.28. The molecule has 116 valence electrons. The Bertz CT molecular complexity index is 714. The Morgan fingerprint density at radius 3 is 2.73 bits per heavy atom.